The van der Waals surface area contributed by atoms with E-state index in [1.54, 1.807) is 36.5 Å². The number of nitrogens with zero attached hydrogens (tertiary/aromatic N) is 2. The summed E-state index contributed by atoms with van der Waals surface area (Å²) < 4.78 is 10.7. The Labute approximate surface area is 161 Å². The predicted molar refractivity (Wildman–Crippen MR) is 107 cm³/mol. The highest BCUT2D eigenvalue weighted by molar-refractivity contribution is 5.94. The average molecular weight is 379 g/mol. The number of fused-ring (bicyclic) bond motifs is 1. The molecule has 1 aliphatic heterocycles. The fraction of sp³-hybridized carbons (Fsp3) is 0.286. The van der Waals surface area contributed by atoms with Gasteiger partial charge in [-0.05, 0) is 49.6 Å². The SMILES string of the molecule is O=C(COc1ccc2ccc(=O)oc2c1)Nc1cccnc1N1CCCCC1. The van der Waals surface area contributed by atoms with Crippen LogP contribution in [0.3, 0.4) is 0 Å². The van der Waals surface area contributed by atoms with Crippen molar-refractivity contribution in [2.45, 2.75) is 19.3 Å². The first-order valence-electron chi connectivity index (χ1n) is 9.35. The van der Waals surface area contributed by atoms with Crippen LogP contribution in [0, 0.1) is 0 Å². The van der Waals surface area contributed by atoms with E-state index in [0.717, 1.165) is 37.1 Å². The van der Waals surface area contributed by atoms with Crippen LogP contribution in [0.15, 0.2) is 57.9 Å². The zero-order valence-electron chi connectivity index (χ0n) is 15.4. The van der Waals surface area contributed by atoms with Gasteiger partial charge in [-0.3, -0.25) is 4.79 Å². The molecule has 0 bridgehead atoms. The van der Waals surface area contributed by atoms with Gasteiger partial charge >= 0.3 is 5.63 Å². The minimum Gasteiger partial charge on any atom is -0.484 e. The average Bonchev–Trinajstić information content (AvgIpc) is 2.73. The Bertz CT molecular complexity index is 1040. The zero-order chi connectivity index (χ0) is 19.3. The molecule has 0 radical (unpaired) electrons. The van der Waals surface area contributed by atoms with Gasteiger partial charge < -0.3 is 19.4 Å². The number of carbonyl (C=O) groups is 1. The molecule has 0 atom stereocenters. The Balaban J connectivity index is 1.42. The van der Waals surface area contributed by atoms with Crippen molar-refractivity contribution in [2.75, 3.05) is 29.9 Å². The normalized spacial score (nSPS) is 14.1. The van der Waals surface area contributed by atoms with Crippen molar-refractivity contribution in [3.05, 3.63) is 59.1 Å². The molecule has 0 unspecified atom stereocenters. The summed E-state index contributed by atoms with van der Waals surface area (Å²) in [5.74, 6) is 0.975. The van der Waals surface area contributed by atoms with Gasteiger partial charge in [-0.1, -0.05) is 0 Å². The quantitative estimate of drug-likeness (QED) is 0.686. The van der Waals surface area contributed by atoms with Crippen molar-refractivity contribution in [2.24, 2.45) is 0 Å². The van der Waals surface area contributed by atoms with Gasteiger partial charge in [0.05, 0.1) is 5.69 Å². The van der Waals surface area contributed by atoms with E-state index >= 15 is 0 Å². The number of ether oxygens (including phenoxy) is 1. The highest BCUT2D eigenvalue weighted by atomic mass is 16.5. The van der Waals surface area contributed by atoms with E-state index in [1.807, 2.05) is 6.07 Å². The minimum absolute atomic E-state index is 0.156. The number of carbonyl (C=O) groups excluding carboxylic acids is 1. The summed E-state index contributed by atoms with van der Waals surface area (Å²) in [7, 11) is 0. The molecule has 1 aliphatic rings. The maximum atomic E-state index is 12.4. The van der Waals surface area contributed by atoms with Crippen LogP contribution in [-0.2, 0) is 4.79 Å². The molecule has 1 fully saturated rings. The lowest BCUT2D eigenvalue weighted by atomic mass is 10.1. The summed E-state index contributed by atoms with van der Waals surface area (Å²) in [5.41, 5.74) is 0.678. The van der Waals surface area contributed by atoms with Crippen molar-refractivity contribution in [1.82, 2.24) is 4.98 Å². The van der Waals surface area contributed by atoms with Gasteiger partial charge in [0.1, 0.15) is 11.3 Å². The smallest absolute Gasteiger partial charge is 0.336 e. The Morgan fingerprint density at radius 1 is 1.14 bits per heavy atom. The van der Waals surface area contributed by atoms with E-state index < -0.39 is 5.63 Å². The van der Waals surface area contributed by atoms with Crippen molar-refractivity contribution in [3.63, 3.8) is 0 Å². The molecule has 3 aromatic rings. The molecule has 1 N–H and O–H groups in total. The number of rotatable bonds is 5. The summed E-state index contributed by atoms with van der Waals surface area (Å²) in [4.78, 5) is 30.4. The number of nitrogens with one attached hydrogen (secondary N) is 1. The van der Waals surface area contributed by atoms with Crippen LogP contribution in [0.25, 0.3) is 11.0 Å². The molecule has 144 valence electrons. The highest BCUT2D eigenvalue weighted by Gasteiger charge is 2.17. The molecule has 1 aromatic carbocycles. The molecule has 7 heteroatoms. The molecule has 1 saturated heterocycles. The monoisotopic (exact) mass is 379 g/mol. The molecule has 7 nitrogen and oxygen atoms in total. The first-order chi connectivity index (χ1) is 13.7. The summed E-state index contributed by atoms with van der Waals surface area (Å²) >= 11 is 0. The molecule has 1 amide bonds. The number of amides is 1. The number of aromatic nitrogens is 1. The topological polar surface area (TPSA) is 84.7 Å². The predicted octanol–water partition coefficient (Wildman–Crippen LogP) is 3.20. The van der Waals surface area contributed by atoms with Gasteiger partial charge in [-0.25, -0.2) is 9.78 Å². The first kappa shape index (κ1) is 18.0. The van der Waals surface area contributed by atoms with E-state index in [2.05, 4.69) is 15.2 Å². The second-order valence-corrected chi connectivity index (χ2v) is 6.71. The number of benzene rings is 1. The zero-order valence-corrected chi connectivity index (χ0v) is 15.4. The maximum absolute atomic E-state index is 12.4. The Morgan fingerprint density at radius 2 is 1.96 bits per heavy atom. The van der Waals surface area contributed by atoms with Crippen LogP contribution in [0.5, 0.6) is 5.75 Å². The van der Waals surface area contributed by atoms with Crippen LogP contribution in [0.1, 0.15) is 19.3 Å². The largest absolute Gasteiger partial charge is 0.484 e. The first-order valence-corrected chi connectivity index (χ1v) is 9.35. The number of anilines is 2. The van der Waals surface area contributed by atoms with Crippen LogP contribution in [0.2, 0.25) is 0 Å². The van der Waals surface area contributed by atoms with E-state index in [-0.39, 0.29) is 12.5 Å². The Hall–Kier alpha value is -3.35. The summed E-state index contributed by atoms with van der Waals surface area (Å²) in [6.07, 6.45) is 5.22. The summed E-state index contributed by atoms with van der Waals surface area (Å²) in [6.45, 7) is 1.73. The third kappa shape index (κ3) is 4.14. The van der Waals surface area contributed by atoms with Crippen LogP contribution < -0.4 is 20.6 Å². The molecule has 28 heavy (non-hydrogen) atoms. The van der Waals surface area contributed by atoms with Crippen molar-refractivity contribution in [3.8, 4) is 5.75 Å². The molecule has 0 saturated carbocycles. The van der Waals surface area contributed by atoms with Crippen molar-refractivity contribution < 1.29 is 13.9 Å². The minimum atomic E-state index is -0.427. The molecule has 0 aliphatic carbocycles. The molecule has 4 rings (SSSR count). The van der Waals surface area contributed by atoms with Crippen LogP contribution in [-0.4, -0.2) is 30.6 Å². The van der Waals surface area contributed by atoms with Crippen LogP contribution >= 0.6 is 0 Å². The van der Waals surface area contributed by atoms with E-state index in [0.29, 0.717) is 17.0 Å². The third-order valence-electron chi connectivity index (χ3n) is 4.68. The van der Waals surface area contributed by atoms with Crippen LogP contribution in [0.4, 0.5) is 11.5 Å². The van der Waals surface area contributed by atoms with Crippen molar-refractivity contribution >= 4 is 28.4 Å². The third-order valence-corrected chi connectivity index (χ3v) is 4.68. The van der Waals surface area contributed by atoms with Gasteiger partial charge in [0.15, 0.2) is 12.4 Å². The van der Waals surface area contributed by atoms with Gasteiger partial charge in [0.25, 0.3) is 5.91 Å². The van der Waals surface area contributed by atoms with E-state index in [4.69, 9.17) is 9.15 Å². The Morgan fingerprint density at radius 3 is 2.82 bits per heavy atom. The second kappa shape index (κ2) is 8.12. The number of hydrogen-bond acceptors (Lipinski definition) is 6. The summed E-state index contributed by atoms with van der Waals surface area (Å²) in [5, 5.41) is 3.67. The van der Waals surface area contributed by atoms with Gasteiger partial charge in [-0.2, -0.15) is 0 Å². The number of pyridine rings is 1. The maximum Gasteiger partial charge on any atom is 0.336 e. The highest BCUT2D eigenvalue weighted by Crippen LogP contribution is 2.26. The second-order valence-electron chi connectivity index (χ2n) is 6.71. The molecule has 0 spiro atoms. The standard InChI is InChI=1S/C21H21N3O4/c25-19(14-27-16-8-6-15-7-9-20(26)28-18(15)13-16)23-17-5-4-10-22-21(17)24-11-2-1-3-12-24/h4-10,13H,1-3,11-12,14H2,(H,23,25). The van der Waals surface area contributed by atoms with Crippen molar-refractivity contribution in [1.29, 1.82) is 0 Å². The molecular formula is C21H21N3O4. The fourth-order valence-electron chi connectivity index (χ4n) is 3.32. The number of piperidine rings is 1. The van der Waals surface area contributed by atoms with Gasteiger partial charge in [0, 0.05) is 36.8 Å². The lowest BCUT2D eigenvalue weighted by Crippen LogP contribution is -2.31. The lowest BCUT2D eigenvalue weighted by Gasteiger charge is -2.29. The van der Waals surface area contributed by atoms with Gasteiger partial charge in [0.2, 0.25) is 0 Å². The van der Waals surface area contributed by atoms with Gasteiger partial charge in [-0.15, -0.1) is 0 Å². The van der Waals surface area contributed by atoms with E-state index in [9.17, 15) is 9.59 Å². The molecular weight excluding hydrogens is 358 g/mol. The summed E-state index contributed by atoms with van der Waals surface area (Å²) in [6, 6.07) is 11.8. The molecule has 2 aromatic heterocycles. The lowest BCUT2D eigenvalue weighted by molar-refractivity contribution is -0.118. The Kier molecular flexibility index (Phi) is 5.23. The molecule has 3 heterocycles. The fourth-order valence-corrected chi connectivity index (χ4v) is 3.32. The number of hydrogen-bond donors (Lipinski definition) is 1. The van der Waals surface area contributed by atoms with E-state index in [1.165, 1.54) is 12.5 Å².